The summed E-state index contributed by atoms with van der Waals surface area (Å²) in [6.07, 6.45) is -3.13. The van der Waals surface area contributed by atoms with Crippen molar-refractivity contribution in [3.8, 4) is 0 Å². The molecule has 0 saturated heterocycles. The maximum absolute atomic E-state index is 12.0. The van der Waals surface area contributed by atoms with Crippen LogP contribution in [0.5, 0.6) is 0 Å². The molecule has 0 aliphatic carbocycles. The Kier molecular flexibility index (Phi) is 4.69. The number of thioether (sulfide) groups is 1. The van der Waals surface area contributed by atoms with E-state index in [1.807, 2.05) is 0 Å². The number of aromatic carboxylic acids is 1. The minimum Gasteiger partial charge on any atom is -0.477 e. The molecule has 2 heterocycles. The monoisotopic (exact) mass is 338 g/mol. The minimum absolute atomic E-state index is 0.142. The molecular weight excluding hydrogens is 329 g/mol. The van der Waals surface area contributed by atoms with Gasteiger partial charge in [0.25, 0.3) is 0 Å². The van der Waals surface area contributed by atoms with E-state index in [1.54, 1.807) is 6.92 Å². The van der Waals surface area contributed by atoms with Crippen molar-refractivity contribution in [3.05, 3.63) is 16.8 Å². The summed E-state index contributed by atoms with van der Waals surface area (Å²) in [6, 6.07) is 0. The summed E-state index contributed by atoms with van der Waals surface area (Å²) in [5.41, 5.74) is 0.501. The summed E-state index contributed by atoms with van der Waals surface area (Å²) in [6.45, 7) is 0.281. The Bertz CT molecular complexity index is 673. The van der Waals surface area contributed by atoms with Crippen LogP contribution in [-0.4, -0.2) is 39.8 Å². The van der Waals surface area contributed by atoms with Crippen LogP contribution in [0.15, 0.2) is 11.4 Å². The highest BCUT2D eigenvalue weighted by molar-refractivity contribution is 7.99. The van der Waals surface area contributed by atoms with Crippen LogP contribution in [0.1, 0.15) is 15.2 Å². The van der Waals surface area contributed by atoms with Gasteiger partial charge in [-0.25, -0.2) is 14.8 Å². The van der Waals surface area contributed by atoms with Gasteiger partial charge in [0.2, 0.25) is 0 Å². The Morgan fingerprint density at radius 1 is 1.48 bits per heavy atom. The molecule has 1 N–H and O–H groups in total. The summed E-state index contributed by atoms with van der Waals surface area (Å²) < 4.78 is 40.4. The number of aryl methyl sites for hydroxylation is 1. The van der Waals surface area contributed by atoms with E-state index in [-0.39, 0.29) is 10.8 Å². The van der Waals surface area contributed by atoms with Gasteiger partial charge >= 0.3 is 12.1 Å². The predicted octanol–water partition coefficient (Wildman–Crippen LogP) is 3.33. The molecule has 0 atom stereocenters. The first kappa shape index (κ1) is 16.0. The second kappa shape index (κ2) is 6.16. The van der Waals surface area contributed by atoms with Gasteiger partial charge in [0.1, 0.15) is 27.7 Å². The van der Waals surface area contributed by atoms with Crippen LogP contribution in [0, 0.1) is 6.92 Å². The predicted molar refractivity (Wildman–Crippen MR) is 71.8 cm³/mol. The van der Waals surface area contributed by atoms with Crippen molar-refractivity contribution in [3.63, 3.8) is 0 Å². The zero-order valence-electron chi connectivity index (χ0n) is 10.6. The normalized spacial score (nSPS) is 12.0. The molecule has 0 amide bonds. The van der Waals surface area contributed by atoms with E-state index in [9.17, 15) is 18.0 Å². The molecule has 0 radical (unpaired) electrons. The van der Waals surface area contributed by atoms with Crippen LogP contribution in [0.2, 0.25) is 0 Å². The Labute approximate surface area is 125 Å². The number of alkyl halides is 3. The maximum Gasteiger partial charge on any atom is 0.411 e. The number of carbonyl (C=O) groups is 1. The lowest BCUT2D eigenvalue weighted by atomic mass is 10.2. The fraction of sp³-hybridized carbons (Fsp3) is 0.364. The Morgan fingerprint density at radius 2 is 2.19 bits per heavy atom. The van der Waals surface area contributed by atoms with Crippen LogP contribution in [0.4, 0.5) is 13.2 Å². The van der Waals surface area contributed by atoms with Gasteiger partial charge in [0.15, 0.2) is 0 Å². The van der Waals surface area contributed by atoms with Gasteiger partial charge in [0, 0.05) is 5.39 Å². The number of carboxylic acids is 1. The Balaban J connectivity index is 2.18. The lowest BCUT2D eigenvalue weighted by Gasteiger charge is -2.07. The highest BCUT2D eigenvalue weighted by Crippen LogP contribution is 2.35. The first-order valence-electron chi connectivity index (χ1n) is 5.54. The number of thiophene rings is 1. The second-order valence-corrected chi connectivity index (χ2v) is 5.86. The summed E-state index contributed by atoms with van der Waals surface area (Å²) >= 11 is 1.98. The molecule has 2 aromatic heterocycles. The van der Waals surface area contributed by atoms with Crippen molar-refractivity contribution < 1.29 is 27.8 Å². The summed E-state index contributed by atoms with van der Waals surface area (Å²) in [5, 5.41) is 10.0. The number of hydrogen-bond donors (Lipinski definition) is 1. The number of carboxylic acid groups (broad SMARTS) is 1. The second-order valence-electron chi connectivity index (χ2n) is 3.95. The molecule has 0 bridgehead atoms. The quantitative estimate of drug-likeness (QED) is 0.390. The first-order chi connectivity index (χ1) is 9.79. The molecule has 2 rings (SSSR count). The maximum atomic E-state index is 12.0. The summed E-state index contributed by atoms with van der Waals surface area (Å²) in [4.78, 5) is 19.7. The Morgan fingerprint density at radius 3 is 2.81 bits per heavy atom. The molecule has 0 aromatic carbocycles. The first-order valence-corrected chi connectivity index (χ1v) is 7.34. The minimum atomic E-state index is -4.38. The molecule has 0 spiro atoms. The topological polar surface area (TPSA) is 72.3 Å². The number of hydrogen-bond acceptors (Lipinski definition) is 6. The van der Waals surface area contributed by atoms with E-state index in [2.05, 4.69) is 14.7 Å². The average Bonchev–Trinajstić information content (AvgIpc) is 2.72. The third-order valence-electron chi connectivity index (χ3n) is 2.43. The van der Waals surface area contributed by atoms with Crippen molar-refractivity contribution >= 4 is 39.3 Å². The number of nitrogens with zero attached hydrogens (tertiary/aromatic N) is 2. The number of halogens is 3. The van der Waals surface area contributed by atoms with Crippen molar-refractivity contribution in [2.75, 3.05) is 12.5 Å². The van der Waals surface area contributed by atoms with Crippen molar-refractivity contribution in [1.29, 1.82) is 0 Å². The van der Waals surface area contributed by atoms with Gasteiger partial charge in [-0.05, 0) is 12.5 Å². The van der Waals surface area contributed by atoms with Gasteiger partial charge in [-0.1, -0.05) is 11.8 Å². The van der Waals surface area contributed by atoms with Crippen molar-refractivity contribution in [1.82, 2.24) is 9.97 Å². The summed E-state index contributed by atoms with van der Waals surface area (Å²) in [7, 11) is 0. The van der Waals surface area contributed by atoms with Crippen LogP contribution < -0.4 is 0 Å². The molecule has 10 heteroatoms. The zero-order valence-corrected chi connectivity index (χ0v) is 12.2. The third-order valence-corrected chi connectivity index (χ3v) is 4.49. The van der Waals surface area contributed by atoms with Crippen LogP contribution in [0.3, 0.4) is 0 Å². The lowest BCUT2D eigenvalue weighted by molar-refractivity contribution is -0.168. The van der Waals surface area contributed by atoms with Gasteiger partial charge in [0.05, 0.1) is 5.94 Å². The lowest BCUT2D eigenvalue weighted by Crippen LogP contribution is -2.16. The van der Waals surface area contributed by atoms with Crippen LogP contribution in [0.25, 0.3) is 10.2 Å². The molecule has 2 aromatic rings. The third kappa shape index (κ3) is 3.83. The van der Waals surface area contributed by atoms with E-state index in [1.165, 1.54) is 6.33 Å². The fourth-order valence-electron chi connectivity index (χ4n) is 1.61. The van der Waals surface area contributed by atoms with Gasteiger partial charge < -0.3 is 9.84 Å². The van der Waals surface area contributed by atoms with Gasteiger partial charge in [-0.3, -0.25) is 0 Å². The molecule has 0 saturated carbocycles. The van der Waals surface area contributed by atoms with Gasteiger partial charge in [-0.2, -0.15) is 13.2 Å². The highest BCUT2D eigenvalue weighted by atomic mass is 32.2. The van der Waals surface area contributed by atoms with Crippen LogP contribution in [-0.2, 0) is 4.74 Å². The molecule has 5 nitrogen and oxygen atoms in total. The van der Waals surface area contributed by atoms with E-state index in [0.29, 0.717) is 20.8 Å². The smallest absolute Gasteiger partial charge is 0.411 e. The van der Waals surface area contributed by atoms with E-state index < -0.39 is 18.8 Å². The average molecular weight is 338 g/mol. The molecule has 0 fully saturated rings. The molecule has 0 aliphatic heterocycles. The standard InChI is InChI=1S/C11H9F3N2O3S2/c1-5-6-8(20-4-19-2-11(12,13)14)15-3-16-9(6)21-7(5)10(17)18/h3H,2,4H2,1H3,(H,17,18). The number of ether oxygens (including phenoxy) is 1. The van der Waals surface area contributed by atoms with E-state index in [0.717, 1.165) is 23.1 Å². The Hall–Kier alpha value is -1.39. The largest absolute Gasteiger partial charge is 0.477 e. The summed E-state index contributed by atoms with van der Waals surface area (Å²) in [5.74, 6) is -1.30. The number of fused-ring (bicyclic) bond motifs is 1. The van der Waals surface area contributed by atoms with Crippen molar-refractivity contribution in [2.45, 2.75) is 18.1 Å². The molecule has 0 unspecified atom stereocenters. The number of aromatic nitrogens is 2. The van der Waals surface area contributed by atoms with Crippen LogP contribution >= 0.6 is 23.1 Å². The zero-order chi connectivity index (χ0) is 15.6. The SMILES string of the molecule is Cc1c(C(=O)O)sc2ncnc(SCOCC(F)(F)F)c12. The molecule has 0 aliphatic rings. The number of rotatable bonds is 5. The van der Waals surface area contributed by atoms with E-state index >= 15 is 0 Å². The molecular formula is C11H9F3N2O3S2. The van der Waals surface area contributed by atoms with Crippen molar-refractivity contribution in [2.24, 2.45) is 0 Å². The molecule has 114 valence electrons. The van der Waals surface area contributed by atoms with E-state index in [4.69, 9.17) is 5.11 Å². The highest BCUT2D eigenvalue weighted by Gasteiger charge is 2.27. The van der Waals surface area contributed by atoms with Gasteiger partial charge in [-0.15, -0.1) is 11.3 Å². The fourth-order valence-corrected chi connectivity index (χ4v) is 3.45. The molecule has 21 heavy (non-hydrogen) atoms.